The van der Waals surface area contributed by atoms with Crippen LogP contribution in [-0.4, -0.2) is 58.1 Å². The van der Waals surface area contributed by atoms with E-state index >= 15 is 0 Å². The molecule has 0 aromatic rings. The zero-order valence-electron chi connectivity index (χ0n) is 9.94. The molecule has 14 heavy (non-hydrogen) atoms. The molecule has 0 aliphatic heterocycles. The second-order valence-corrected chi connectivity index (χ2v) is 4.29. The maximum absolute atomic E-state index is 2.30. The summed E-state index contributed by atoms with van der Waals surface area (Å²) >= 11 is 0. The molecule has 0 unspecified atom stereocenters. The fraction of sp³-hybridized carbons (Fsp3) is 1.00. The molecule has 2 heteroatoms. The molecule has 0 radical (unpaired) electrons. The van der Waals surface area contributed by atoms with Gasteiger partial charge < -0.3 is 0 Å². The Balaban J connectivity index is 0. The average molecular weight is 222 g/mol. The van der Waals surface area contributed by atoms with Crippen LogP contribution in [0.15, 0.2) is 0 Å². The molecular formula is C12H28BK. The third-order valence-electron chi connectivity index (χ3n) is 2.90. The van der Waals surface area contributed by atoms with Gasteiger partial charge in [0.25, 0.3) is 0 Å². The van der Waals surface area contributed by atoms with E-state index in [4.69, 9.17) is 0 Å². The van der Waals surface area contributed by atoms with Gasteiger partial charge in [0.1, 0.15) is 6.71 Å². The van der Waals surface area contributed by atoms with Gasteiger partial charge in [0.05, 0.1) is 0 Å². The predicted molar refractivity (Wildman–Crippen MR) is 72.0 cm³/mol. The van der Waals surface area contributed by atoms with Gasteiger partial charge in [-0.15, -0.1) is 0 Å². The second kappa shape index (κ2) is 14.7. The minimum absolute atomic E-state index is 0. The summed E-state index contributed by atoms with van der Waals surface area (Å²) < 4.78 is 0. The summed E-state index contributed by atoms with van der Waals surface area (Å²) in [6, 6.07) is 0. The van der Waals surface area contributed by atoms with Crippen LogP contribution in [0.1, 0.15) is 59.3 Å². The molecule has 0 atom stereocenters. The van der Waals surface area contributed by atoms with Crippen molar-refractivity contribution < 1.29 is 0 Å². The quantitative estimate of drug-likeness (QED) is 0.512. The van der Waals surface area contributed by atoms with E-state index < -0.39 is 0 Å². The zero-order chi connectivity index (χ0) is 9.94. The molecule has 0 fully saturated rings. The maximum atomic E-state index is 2.30. The first-order valence-corrected chi connectivity index (χ1v) is 6.35. The molecule has 0 amide bonds. The van der Waals surface area contributed by atoms with Crippen LogP contribution < -0.4 is 0 Å². The van der Waals surface area contributed by atoms with E-state index in [0.717, 1.165) is 6.71 Å². The summed E-state index contributed by atoms with van der Waals surface area (Å²) in [6.07, 6.45) is 12.9. The first kappa shape index (κ1) is 18.1. The van der Waals surface area contributed by atoms with Crippen LogP contribution in [0.4, 0.5) is 0 Å². The van der Waals surface area contributed by atoms with E-state index in [-0.39, 0.29) is 51.4 Å². The summed E-state index contributed by atoms with van der Waals surface area (Å²) in [7, 11) is 0. The van der Waals surface area contributed by atoms with Crippen LogP contribution in [0, 0.1) is 0 Å². The van der Waals surface area contributed by atoms with Gasteiger partial charge >= 0.3 is 51.4 Å². The van der Waals surface area contributed by atoms with Crippen molar-refractivity contribution in [2.75, 3.05) is 0 Å². The SMILES string of the molecule is CCCCB(CCCC)CCCC.[KH]. The van der Waals surface area contributed by atoms with E-state index in [1.165, 1.54) is 57.5 Å². The van der Waals surface area contributed by atoms with E-state index in [1.807, 2.05) is 0 Å². The molecule has 0 aliphatic carbocycles. The Morgan fingerprint density at radius 2 is 0.929 bits per heavy atom. The summed E-state index contributed by atoms with van der Waals surface area (Å²) in [5, 5.41) is 0. The van der Waals surface area contributed by atoms with Crippen LogP contribution in [0.25, 0.3) is 0 Å². The molecule has 0 rings (SSSR count). The van der Waals surface area contributed by atoms with E-state index in [1.54, 1.807) is 0 Å². The van der Waals surface area contributed by atoms with Gasteiger partial charge in [-0.25, -0.2) is 0 Å². The Hall–Kier alpha value is 1.70. The van der Waals surface area contributed by atoms with Crippen LogP contribution in [-0.2, 0) is 0 Å². The molecule has 0 N–H and O–H groups in total. The fourth-order valence-corrected chi connectivity index (χ4v) is 1.91. The molecule has 0 aliphatic rings. The van der Waals surface area contributed by atoms with Gasteiger partial charge in [-0.05, 0) is 0 Å². The summed E-state index contributed by atoms with van der Waals surface area (Å²) in [5.74, 6) is 0. The number of unbranched alkanes of at least 4 members (excludes halogenated alkanes) is 3. The topological polar surface area (TPSA) is 0 Å². The van der Waals surface area contributed by atoms with Gasteiger partial charge in [-0.1, -0.05) is 78.3 Å². The van der Waals surface area contributed by atoms with Gasteiger partial charge in [0, 0.05) is 0 Å². The van der Waals surface area contributed by atoms with Crippen LogP contribution in [0.5, 0.6) is 0 Å². The van der Waals surface area contributed by atoms with Crippen LogP contribution in [0.3, 0.4) is 0 Å². The summed E-state index contributed by atoms with van der Waals surface area (Å²) in [4.78, 5) is 0. The van der Waals surface area contributed by atoms with Crippen molar-refractivity contribution >= 4 is 58.1 Å². The van der Waals surface area contributed by atoms with E-state index in [2.05, 4.69) is 20.8 Å². The standard InChI is InChI=1S/C12H27B.K.H/c1-4-7-10-13(11-8-5-2)12-9-6-3;;/h4-12H2,1-3H3;;. The predicted octanol–water partition coefficient (Wildman–Crippen LogP) is 4.23. The molecule has 0 bridgehead atoms. The summed E-state index contributed by atoms with van der Waals surface area (Å²) in [5.41, 5.74) is 0. The van der Waals surface area contributed by atoms with Crippen molar-refractivity contribution in [2.24, 2.45) is 0 Å². The van der Waals surface area contributed by atoms with Crippen LogP contribution in [0.2, 0.25) is 19.0 Å². The van der Waals surface area contributed by atoms with Crippen molar-refractivity contribution in [1.29, 1.82) is 0 Å². The van der Waals surface area contributed by atoms with Gasteiger partial charge in [-0.2, -0.15) is 0 Å². The van der Waals surface area contributed by atoms with Crippen molar-refractivity contribution in [3.63, 3.8) is 0 Å². The van der Waals surface area contributed by atoms with Crippen molar-refractivity contribution in [2.45, 2.75) is 78.3 Å². The molecule has 0 spiro atoms. The van der Waals surface area contributed by atoms with Gasteiger partial charge in [0.2, 0.25) is 0 Å². The zero-order valence-corrected chi connectivity index (χ0v) is 9.94. The fourth-order valence-electron chi connectivity index (χ4n) is 1.91. The monoisotopic (exact) mass is 222 g/mol. The first-order chi connectivity index (χ1) is 6.35. The molecule has 0 saturated heterocycles. The Morgan fingerprint density at radius 3 is 1.14 bits per heavy atom. The average Bonchev–Trinajstić information content (AvgIpc) is 2.17. The van der Waals surface area contributed by atoms with E-state index in [9.17, 15) is 0 Å². The molecule has 0 heterocycles. The van der Waals surface area contributed by atoms with Crippen LogP contribution >= 0.6 is 0 Å². The molecule has 0 aromatic carbocycles. The van der Waals surface area contributed by atoms with Crippen molar-refractivity contribution in [1.82, 2.24) is 0 Å². The Kier molecular flexibility index (Phi) is 19.0. The Morgan fingerprint density at radius 1 is 0.643 bits per heavy atom. The number of hydrogen-bond donors (Lipinski definition) is 0. The number of hydrogen-bond acceptors (Lipinski definition) is 0. The van der Waals surface area contributed by atoms with Gasteiger partial charge in [-0.3, -0.25) is 0 Å². The number of rotatable bonds is 9. The summed E-state index contributed by atoms with van der Waals surface area (Å²) in [6.45, 7) is 7.95. The van der Waals surface area contributed by atoms with Crippen molar-refractivity contribution in [3.8, 4) is 0 Å². The molecule has 0 nitrogen and oxygen atoms in total. The molecule has 80 valence electrons. The Labute approximate surface area is 134 Å². The molecule has 0 aromatic heterocycles. The third kappa shape index (κ3) is 11.8. The minimum atomic E-state index is 0. The van der Waals surface area contributed by atoms with E-state index in [0.29, 0.717) is 0 Å². The van der Waals surface area contributed by atoms with Gasteiger partial charge in [0.15, 0.2) is 0 Å². The Bertz CT molecular complexity index is 77.3. The van der Waals surface area contributed by atoms with Crippen molar-refractivity contribution in [3.05, 3.63) is 0 Å². The molecule has 0 saturated carbocycles. The first-order valence-electron chi connectivity index (χ1n) is 6.35. The second-order valence-electron chi connectivity index (χ2n) is 4.29. The normalized spacial score (nSPS) is 9.64. The molecular weight excluding hydrogens is 194 g/mol. The third-order valence-corrected chi connectivity index (χ3v) is 2.90.